The van der Waals surface area contributed by atoms with Crippen molar-refractivity contribution in [2.45, 2.75) is 49.2 Å². The molecule has 3 heterocycles. The topological polar surface area (TPSA) is 82.6 Å². The van der Waals surface area contributed by atoms with Gasteiger partial charge in [0.1, 0.15) is 5.82 Å². The lowest BCUT2D eigenvalue weighted by Crippen LogP contribution is -2.42. The molecule has 4 rings (SSSR count). The monoisotopic (exact) mass is 482 g/mol. The SMILES string of the molecule is O=C1CCCCN1c1ccc(S(=O)(=O)N2CCC(Nc3ccc(C(F)(F)F)cn3)CC2)cc1. The largest absolute Gasteiger partial charge is 0.417 e. The first-order valence-electron chi connectivity index (χ1n) is 10.8. The molecule has 0 radical (unpaired) electrons. The number of anilines is 2. The van der Waals surface area contributed by atoms with Gasteiger partial charge in [0.25, 0.3) is 0 Å². The lowest BCUT2D eigenvalue weighted by molar-refractivity contribution is -0.137. The van der Waals surface area contributed by atoms with Crippen molar-refractivity contribution in [2.75, 3.05) is 29.9 Å². The minimum atomic E-state index is -4.44. The number of amides is 1. The smallest absolute Gasteiger partial charge is 0.367 e. The molecule has 0 aliphatic carbocycles. The van der Waals surface area contributed by atoms with Crippen LogP contribution in [0, 0.1) is 0 Å². The molecule has 178 valence electrons. The van der Waals surface area contributed by atoms with E-state index in [1.54, 1.807) is 17.0 Å². The fourth-order valence-corrected chi connectivity index (χ4v) is 5.59. The maximum absolute atomic E-state index is 13.0. The standard InChI is InChI=1S/C22H25F3N4O3S/c23-22(24,25)16-4-9-20(26-15-16)27-17-10-13-28(14-11-17)33(31,32)19-7-5-18(6-8-19)29-12-2-1-3-21(29)30/h4-9,15,17H,1-3,10-14H2,(H,26,27). The summed E-state index contributed by atoms with van der Waals surface area (Å²) in [6.45, 7) is 1.21. The molecule has 2 aliphatic rings. The van der Waals surface area contributed by atoms with Crippen molar-refractivity contribution in [3.05, 3.63) is 48.2 Å². The average Bonchev–Trinajstić information content (AvgIpc) is 2.80. The minimum Gasteiger partial charge on any atom is -0.367 e. The second-order valence-corrected chi connectivity index (χ2v) is 10.2. The fraction of sp³-hybridized carbons (Fsp3) is 0.455. The van der Waals surface area contributed by atoms with Crippen molar-refractivity contribution in [1.82, 2.24) is 9.29 Å². The highest BCUT2D eigenvalue weighted by molar-refractivity contribution is 7.89. The van der Waals surface area contributed by atoms with Crippen molar-refractivity contribution in [3.63, 3.8) is 0 Å². The third-order valence-electron chi connectivity index (χ3n) is 6.01. The first-order valence-corrected chi connectivity index (χ1v) is 12.3. The molecule has 2 saturated heterocycles. The van der Waals surface area contributed by atoms with Crippen LogP contribution in [0.15, 0.2) is 47.5 Å². The predicted molar refractivity (Wildman–Crippen MR) is 117 cm³/mol. The highest BCUT2D eigenvalue weighted by Crippen LogP contribution is 2.30. The van der Waals surface area contributed by atoms with Crippen LogP contribution in [0.25, 0.3) is 0 Å². The molecule has 2 aliphatic heterocycles. The summed E-state index contributed by atoms with van der Waals surface area (Å²) in [5.41, 5.74) is -0.116. The maximum atomic E-state index is 13.0. The molecule has 0 bridgehead atoms. The summed E-state index contributed by atoms with van der Waals surface area (Å²) in [7, 11) is -3.68. The fourth-order valence-electron chi connectivity index (χ4n) is 4.12. The quantitative estimate of drug-likeness (QED) is 0.700. The Balaban J connectivity index is 1.35. The van der Waals surface area contributed by atoms with Gasteiger partial charge in [-0.25, -0.2) is 13.4 Å². The van der Waals surface area contributed by atoms with E-state index in [4.69, 9.17) is 0 Å². The Morgan fingerprint density at radius 2 is 1.67 bits per heavy atom. The number of aromatic nitrogens is 1. The Bertz CT molecular complexity index is 1080. The third-order valence-corrected chi connectivity index (χ3v) is 7.92. The van der Waals surface area contributed by atoms with E-state index in [1.165, 1.54) is 22.5 Å². The normalized spacial score (nSPS) is 19.0. The van der Waals surface area contributed by atoms with Crippen molar-refractivity contribution in [3.8, 4) is 0 Å². The zero-order valence-corrected chi connectivity index (χ0v) is 18.7. The predicted octanol–water partition coefficient (Wildman–Crippen LogP) is 3.88. The Labute approximate surface area is 190 Å². The van der Waals surface area contributed by atoms with Gasteiger partial charge in [0.05, 0.1) is 10.5 Å². The van der Waals surface area contributed by atoms with E-state index in [1.807, 2.05) is 0 Å². The summed E-state index contributed by atoms with van der Waals surface area (Å²) in [5, 5.41) is 3.08. The number of benzene rings is 1. The van der Waals surface area contributed by atoms with Gasteiger partial charge in [0.2, 0.25) is 15.9 Å². The highest BCUT2D eigenvalue weighted by Gasteiger charge is 2.32. The Morgan fingerprint density at radius 3 is 2.24 bits per heavy atom. The minimum absolute atomic E-state index is 0.0500. The van der Waals surface area contributed by atoms with Crippen molar-refractivity contribution < 1.29 is 26.4 Å². The Hall–Kier alpha value is -2.66. The van der Waals surface area contributed by atoms with Gasteiger partial charge >= 0.3 is 6.18 Å². The number of carbonyl (C=O) groups is 1. The lowest BCUT2D eigenvalue weighted by Gasteiger charge is -2.32. The first-order chi connectivity index (χ1) is 15.6. The van der Waals surface area contributed by atoms with Gasteiger partial charge in [0, 0.05) is 44.0 Å². The van der Waals surface area contributed by atoms with Gasteiger partial charge in [-0.05, 0) is 62.1 Å². The Kier molecular flexibility index (Phi) is 6.62. The van der Waals surface area contributed by atoms with Gasteiger partial charge in [-0.3, -0.25) is 4.79 Å². The van der Waals surface area contributed by atoms with Gasteiger partial charge in [-0.2, -0.15) is 17.5 Å². The number of sulfonamides is 1. The van der Waals surface area contributed by atoms with Gasteiger partial charge in [-0.1, -0.05) is 0 Å². The number of nitrogens with one attached hydrogen (secondary N) is 1. The molecule has 0 spiro atoms. The van der Waals surface area contributed by atoms with Crippen molar-refractivity contribution in [1.29, 1.82) is 0 Å². The molecule has 1 amide bonds. The van der Waals surface area contributed by atoms with E-state index in [0.29, 0.717) is 37.3 Å². The zero-order chi connectivity index (χ0) is 23.6. The van der Waals surface area contributed by atoms with Gasteiger partial charge in [-0.15, -0.1) is 0 Å². The average molecular weight is 483 g/mol. The molecule has 0 atom stereocenters. The zero-order valence-electron chi connectivity index (χ0n) is 17.9. The molecule has 2 fully saturated rings. The number of carbonyl (C=O) groups excluding carboxylic acids is 1. The van der Waals surface area contributed by atoms with E-state index >= 15 is 0 Å². The number of alkyl halides is 3. The van der Waals surface area contributed by atoms with E-state index in [0.717, 1.165) is 25.1 Å². The molecule has 11 heteroatoms. The molecule has 1 aromatic carbocycles. The molecule has 1 N–H and O–H groups in total. The molecule has 33 heavy (non-hydrogen) atoms. The molecular formula is C22H25F3N4O3S. The molecule has 7 nitrogen and oxygen atoms in total. The molecule has 0 unspecified atom stereocenters. The van der Waals surface area contributed by atoms with E-state index in [9.17, 15) is 26.4 Å². The lowest BCUT2D eigenvalue weighted by atomic mass is 10.1. The van der Waals surface area contributed by atoms with Crippen LogP contribution in [0.1, 0.15) is 37.7 Å². The number of nitrogens with zero attached hydrogens (tertiary/aromatic N) is 3. The maximum Gasteiger partial charge on any atom is 0.417 e. The summed E-state index contributed by atoms with van der Waals surface area (Å²) >= 11 is 0. The number of piperidine rings is 2. The van der Waals surface area contributed by atoms with Gasteiger partial charge in [0.15, 0.2) is 0 Å². The van der Waals surface area contributed by atoms with E-state index < -0.39 is 21.8 Å². The van der Waals surface area contributed by atoms with Crippen LogP contribution < -0.4 is 10.2 Å². The summed E-state index contributed by atoms with van der Waals surface area (Å²) in [4.78, 5) is 17.8. The van der Waals surface area contributed by atoms with Crippen LogP contribution in [0.2, 0.25) is 0 Å². The van der Waals surface area contributed by atoms with Crippen LogP contribution >= 0.6 is 0 Å². The number of pyridine rings is 1. The van der Waals surface area contributed by atoms with E-state index in [-0.39, 0.29) is 29.9 Å². The highest BCUT2D eigenvalue weighted by atomic mass is 32.2. The number of halogens is 3. The third kappa shape index (κ3) is 5.30. The summed E-state index contributed by atoms with van der Waals surface area (Å²) in [5.74, 6) is 0.376. The summed E-state index contributed by atoms with van der Waals surface area (Å²) in [6.07, 6.45) is -0.344. The first kappa shape index (κ1) is 23.5. The van der Waals surface area contributed by atoms with Crippen LogP contribution in [0.3, 0.4) is 0 Å². The summed E-state index contributed by atoms with van der Waals surface area (Å²) < 4.78 is 65.5. The second-order valence-electron chi connectivity index (χ2n) is 8.25. The van der Waals surface area contributed by atoms with Crippen LogP contribution in [0.4, 0.5) is 24.7 Å². The summed E-state index contributed by atoms with van der Waals surface area (Å²) in [6, 6.07) is 8.55. The van der Waals surface area contributed by atoms with Crippen LogP contribution in [0.5, 0.6) is 0 Å². The number of hydrogen-bond acceptors (Lipinski definition) is 5. The molecule has 2 aromatic rings. The molecule has 1 aromatic heterocycles. The molecular weight excluding hydrogens is 457 g/mol. The van der Waals surface area contributed by atoms with Gasteiger partial charge < -0.3 is 10.2 Å². The van der Waals surface area contributed by atoms with Crippen LogP contribution in [-0.4, -0.2) is 49.3 Å². The van der Waals surface area contributed by atoms with Crippen molar-refractivity contribution >= 4 is 27.4 Å². The Morgan fingerprint density at radius 1 is 0.970 bits per heavy atom. The molecule has 0 saturated carbocycles. The van der Waals surface area contributed by atoms with Crippen LogP contribution in [-0.2, 0) is 21.0 Å². The van der Waals surface area contributed by atoms with Crippen molar-refractivity contribution in [2.24, 2.45) is 0 Å². The van der Waals surface area contributed by atoms with E-state index in [2.05, 4.69) is 10.3 Å². The number of hydrogen-bond donors (Lipinski definition) is 1. The second kappa shape index (κ2) is 9.30. The number of rotatable bonds is 5.